The van der Waals surface area contributed by atoms with Crippen LogP contribution in [0.4, 0.5) is 5.82 Å². The molecule has 6 nitrogen and oxygen atoms in total. The first-order valence-corrected chi connectivity index (χ1v) is 8.28. The number of terminal acetylenes is 1. The number of hydrogen-bond donors (Lipinski definition) is 4. The van der Waals surface area contributed by atoms with E-state index in [0.29, 0.717) is 12.5 Å². The van der Waals surface area contributed by atoms with Crippen LogP contribution in [0.1, 0.15) is 31.2 Å². The number of fused-ring (bicyclic) bond motifs is 3. The molecule has 1 aromatic rings. The standard InChI is InChI=1S/C17H22N6/c1-2-8-18-10-12-3-5-13(6-4-12)15-16-14-7-9-19-17(14)20-11-23(16)22-21-15/h1,7,9,11-13,18-19,21-22H,3-6,8,10H2/t12-,13-. The van der Waals surface area contributed by atoms with Gasteiger partial charge in [0.05, 0.1) is 17.9 Å². The number of hydrazine groups is 2. The third-order valence-electron chi connectivity index (χ3n) is 5.00. The van der Waals surface area contributed by atoms with Crippen LogP contribution in [0.25, 0.3) is 5.70 Å². The van der Waals surface area contributed by atoms with Crippen LogP contribution in [0.15, 0.2) is 23.0 Å². The Morgan fingerprint density at radius 3 is 3.04 bits per heavy atom. The number of allylic oxidation sites excluding steroid dienone is 1. The molecule has 1 fully saturated rings. The molecule has 0 atom stereocenters. The molecule has 1 aliphatic carbocycles. The van der Waals surface area contributed by atoms with Crippen molar-refractivity contribution in [3.8, 4) is 12.3 Å². The third-order valence-corrected chi connectivity index (χ3v) is 5.00. The first kappa shape index (κ1) is 14.4. The van der Waals surface area contributed by atoms with Crippen molar-refractivity contribution in [1.82, 2.24) is 26.3 Å². The van der Waals surface area contributed by atoms with Crippen molar-refractivity contribution in [1.29, 1.82) is 0 Å². The van der Waals surface area contributed by atoms with E-state index in [0.717, 1.165) is 23.8 Å². The van der Waals surface area contributed by atoms with Crippen molar-refractivity contribution < 1.29 is 0 Å². The lowest BCUT2D eigenvalue weighted by Crippen LogP contribution is -2.38. The summed E-state index contributed by atoms with van der Waals surface area (Å²) in [6.07, 6.45) is 14.0. The fourth-order valence-corrected chi connectivity index (χ4v) is 3.80. The molecule has 4 N–H and O–H groups in total. The SMILES string of the molecule is C#CCNC[C@H]1CC[C@H](C2=C3c4cc[nH]c4N=CN3NN2)CC1. The van der Waals surface area contributed by atoms with Crippen LogP contribution in [0.3, 0.4) is 0 Å². The van der Waals surface area contributed by atoms with Gasteiger partial charge in [-0.25, -0.2) is 10.0 Å². The van der Waals surface area contributed by atoms with Crippen LogP contribution < -0.4 is 16.3 Å². The van der Waals surface area contributed by atoms with Gasteiger partial charge in [0.15, 0.2) is 0 Å². The number of hydrogen-bond acceptors (Lipinski definition) is 5. The highest BCUT2D eigenvalue weighted by molar-refractivity contribution is 5.87. The molecule has 0 bridgehead atoms. The minimum Gasteiger partial charge on any atom is -0.346 e. The van der Waals surface area contributed by atoms with Crippen LogP contribution in [0.2, 0.25) is 0 Å². The molecule has 0 aromatic carbocycles. The van der Waals surface area contributed by atoms with Crippen molar-refractivity contribution in [2.45, 2.75) is 25.7 Å². The first-order valence-electron chi connectivity index (χ1n) is 8.28. The normalized spacial score (nSPS) is 25.8. The zero-order valence-electron chi connectivity index (χ0n) is 13.1. The molecule has 6 heteroatoms. The van der Waals surface area contributed by atoms with Crippen LogP contribution >= 0.6 is 0 Å². The van der Waals surface area contributed by atoms with Crippen molar-refractivity contribution in [3.63, 3.8) is 0 Å². The molecule has 1 saturated carbocycles. The number of nitrogens with zero attached hydrogens (tertiary/aromatic N) is 2. The number of H-pyrrole nitrogens is 1. The fraction of sp³-hybridized carbons (Fsp3) is 0.471. The zero-order valence-corrected chi connectivity index (χ0v) is 13.1. The summed E-state index contributed by atoms with van der Waals surface area (Å²) in [7, 11) is 0. The number of rotatable bonds is 4. The highest BCUT2D eigenvalue weighted by Gasteiger charge is 2.33. The molecule has 0 saturated heterocycles. The molecule has 3 aliphatic rings. The van der Waals surface area contributed by atoms with Gasteiger partial charge in [-0.3, -0.25) is 0 Å². The Morgan fingerprint density at radius 1 is 1.35 bits per heavy atom. The minimum absolute atomic E-state index is 0.570. The Hall–Kier alpha value is -2.23. The van der Waals surface area contributed by atoms with Gasteiger partial charge < -0.3 is 15.7 Å². The van der Waals surface area contributed by atoms with Crippen LogP contribution in [0.5, 0.6) is 0 Å². The van der Waals surface area contributed by atoms with Crippen LogP contribution in [0, 0.1) is 24.2 Å². The summed E-state index contributed by atoms with van der Waals surface area (Å²) in [5.74, 6) is 4.89. The smallest absolute Gasteiger partial charge is 0.141 e. The van der Waals surface area contributed by atoms with Gasteiger partial charge in [-0.2, -0.15) is 0 Å². The molecule has 3 heterocycles. The average Bonchev–Trinajstić information content (AvgIpc) is 3.21. The maximum Gasteiger partial charge on any atom is 0.141 e. The largest absolute Gasteiger partial charge is 0.346 e. The summed E-state index contributed by atoms with van der Waals surface area (Å²) in [4.78, 5) is 7.60. The first-order chi connectivity index (χ1) is 11.4. The lowest BCUT2D eigenvalue weighted by atomic mass is 9.79. The lowest BCUT2D eigenvalue weighted by Gasteiger charge is -2.29. The van der Waals surface area contributed by atoms with E-state index in [4.69, 9.17) is 6.42 Å². The highest BCUT2D eigenvalue weighted by Crippen LogP contribution is 2.40. The van der Waals surface area contributed by atoms with Gasteiger partial charge >= 0.3 is 0 Å². The summed E-state index contributed by atoms with van der Waals surface area (Å²) in [5.41, 5.74) is 10.3. The number of aromatic amines is 1. The Balaban J connectivity index is 1.47. The molecule has 0 spiro atoms. The van der Waals surface area contributed by atoms with Gasteiger partial charge in [-0.15, -0.1) is 12.0 Å². The van der Waals surface area contributed by atoms with Crippen LogP contribution in [-0.2, 0) is 0 Å². The lowest BCUT2D eigenvalue weighted by molar-refractivity contribution is 0.285. The molecular weight excluding hydrogens is 288 g/mol. The van der Waals surface area contributed by atoms with Crippen molar-refractivity contribution in [3.05, 3.63) is 23.5 Å². The summed E-state index contributed by atoms with van der Waals surface area (Å²) >= 11 is 0. The van der Waals surface area contributed by atoms with E-state index < -0.39 is 0 Å². The van der Waals surface area contributed by atoms with Gasteiger partial charge in [0.25, 0.3) is 0 Å². The van der Waals surface area contributed by atoms with Gasteiger partial charge in [0.2, 0.25) is 0 Å². The van der Waals surface area contributed by atoms with Gasteiger partial charge in [-0.05, 0) is 44.2 Å². The van der Waals surface area contributed by atoms with Crippen LogP contribution in [-0.4, -0.2) is 29.4 Å². The third kappa shape index (κ3) is 2.62. The monoisotopic (exact) mass is 310 g/mol. The predicted octanol–water partition coefficient (Wildman–Crippen LogP) is 1.71. The van der Waals surface area contributed by atoms with Gasteiger partial charge in [0.1, 0.15) is 12.2 Å². The van der Waals surface area contributed by atoms with Crippen molar-refractivity contribution in [2.24, 2.45) is 16.8 Å². The molecule has 0 amide bonds. The molecule has 0 unspecified atom stereocenters. The van der Waals surface area contributed by atoms with Gasteiger partial charge in [0, 0.05) is 17.7 Å². The Kier molecular flexibility index (Phi) is 3.82. The van der Waals surface area contributed by atoms with E-state index in [1.165, 1.54) is 37.1 Å². The molecule has 0 radical (unpaired) electrons. The van der Waals surface area contributed by atoms with E-state index in [9.17, 15) is 0 Å². The Morgan fingerprint density at radius 2 is 2.22 bits per heavy atom. The zero-order chi connectivity index (χ0) is 15.6. The topological polar surface area (TPSA) is 67.5 Å². The average molecular weight is 310 g/mol. The summed E-state index contributed by atoms with van der Waals surface area (Å²) in [5, 5.41) is 5.32. The second-order valence-electron chi connectivity index (χ2n) is 6.41. The van der Waals surface area contributed by atoms with E-state index in [2.05, 4.69) is 38.2 Å². The number of aromatic nitrogens is 1. The number of aliphatic imine (C=N–C) groups is 1. The quantitative estimate of drug-likeness (QED) is 0.505. The number of nitrogens with one attached hydrogen (secondary N) is 4. The molecule has 120 valence electrons. The minimum atomic E-state index is 0.570. The van der Waals surface area contributed by atoms with Crippen molar-refractivity contribution >= 4 is 17.9 Å². The predicted molar refractivity (Wildman–Crippen MR) is 91.1 cm³/mol. The van der Waals surface area contributed by atoms with E-state index >= 15 is 0 Å². The maximum absolute atomic E-state index is 5.29. The fourth-order valence-electron chi connectivity index (χ4n) is 3.80. The van der Waals surface area contributed by atoms with E-state index in [-0.39, 0.29) is 0 Å². The second kappa shape index (κ2) is 6.11. The van der Waals surface area contributed by atoms with E-state index in [1.54, 1.807) is 0 Å². The summed E-state index contributed by atoms with van der Waals surface area (Å²) < 4.78 is 0. The summed E-state index contributed by atoms with van der Waals surface area (Å²) in [6, 6.07) is 2.10. The highest BCUT2D eigenvalue weighted by atomic mass is 15.7. The molecule has 1 aromatic heterocycles. The molecule has 23 heavy (non-hydrogen) atoms. The second-order valence-corrected chi connectivity index (χ2v) is 6.41. The Bertz CT molecular complexity index is 672. The molecular formula is C17H22N6. The van der Waals surface area contributed by atoms with Crippen molar-refractivity contribution in [2.75, 3.05) is 13.1 Å². The molecule has 4 rings (SSSR count). The van der Waals surface area contributed by atoms with Gasteiger partial charge in [-0.1, -0.05) is 5.92 Å². The summed E-state index contributed by atoms with van der Waals surface area (Å²) in [6.45, 7) is 1.71. The molecule has 2 aliphatic heterocycles. The van der Waals surface area contributed by atoms with E-state index in [1.807, 2.05) is 17.5 Å². The Labute approximate surface area is 136 Å². The maximum atomic E-state index is 5.29.